The van der Waals surface area contributed by atoms with Crippen LogP contribution in [-0.2, 0) is 14.2 Å². The van der Waals surface area contributed by atoms with Crippen molar-refractivity contribution < 1.29 is 19.0 Å². The van der Waals surface area contributed by atoms with Crippen LogP contribution in [0.2, 0.25) is 0 Å². The highest BCUT2D eigenvalue weighted by molar-refractivity contribution is 5.89. The van der Waals surface area contributed by atoms with Crippen molar-refractivity contribution in [1.82, 2.24) is 0 Å². The number of carbonyl (C=O) groups excluding carboxylic acids is 1. The quantitative estimate of drug-likeness (QED) is 0.779. The second kappa shape index (κ2) is 4.86. The standard InChI is InChI=1S/C16H20O4/c1-10-9-12(14-13(10)19-16(2,3)20-14)18-15(17)11-7-5-4-6-8-11/h4-8,10,12-14H,9H2,1-3H3/t10-,12-,13-,14+/m1/s1. The molecule has 1 saturated carbocycles. The van der Waals surface area contributed by atoms with Crippen LogP contribution < -0.4 is 0 Å². The first kappa shape index (κ1) is 13.6. The number of carbonyl (C=O) groups is 1. The number of esters is 1. The van der Waals surface area contributed by atoms with Crippen LogP contribution >= 0.6 is 0 Å². The molecule has 0 aromatic heterocycles. The Labute approximate surface area is 119 Å². The first-order chi connectivity index (χ1) is 9.46. The maximum Gasteiger partial charge on any atom is 0.338 e. The van der Waals surface area contributed by atoms with Crippen molar-refractivity contribution in [3.63, 3.8) is 0 Å². The smallest absolute Gasteiger partial charge is 0.338 e. The van der Waals surface area contributed by atoms with E-state index in [1.165, 1.54) is 0 Å². The van der Waals surface area contributed by atoms with Gasteiger partial charge in [-0.3, -0.25) is 0 Å². The van der Waals surface area contributed by atoms with Crippen molar-refractivity contribution in [2.24, 2.45) is 5.92 Å². The first-order valence-corrected chi connectivity index (χ1v) is 7.08. The van der Waals surface area contributed by atoms with Crippen molar-refractivity contribution in [3.8, 4) is 0 Å². The van der Waals surface area contributed by atoms with Crippen LogP contribution in [0.4, 0.5) is 0 Å². The second-order valence-electron chi connectivity index (χ2n) is 6.09. The average Bonchev–Trinajstić information content (AvgIpc) is 2.87. The van der Waals surface area contributed by atoms with Gasteiger partial charge in [-0.1, -0.05) is 25.1 Å². The minimum absolute atomic E-state index is 0.0126. The van der Waals surface area contributed by atoms with Crippen LogP contribution in [0.3, 0.4) is 0 Å². The van der Waals surface area contributed by atoms with E-state index in [-0.39, 0.29) is 24.3 Å². The summed E-state index contributed by atoms with van der Waals surface area (Å²) in [7, 11) is 0. The Kier molecular flexibility index (Phi) is 3.30. The minimum Gasteiger partial charge on any atom is -0.456 e. The summed E-state index contributed by atoms with van der Waals surface area (Å²) in [5, 5.41) is 0. The molecule has 0 bridgehead atoms. The summed E-state index contributed by atoms with van der Waals surface area (Å²) in [6.07, 6.45) is 0.403. The van der Waals surface area contributed by atoms with E-state index >= 15 is 0 Å². The molecule has 0 amide bonds. The summed E-state index contributed by atoms with van der Waals surface area (Å²) in [5.74, 6) is -0.561. The van der Waals surface area contributed by atoms with Crippen molar-refractivity contribution in [3.05, 3.63) is 35.9 Å². The van der Waals surface area contributed by atoms with E-state index in [0.717, 1.165) is 6.42 Å². The average molecular weight is 276 g/mol. The predicted molar refractivity (Wildman–Crippen MR) is 73.3 cm³/mol. The third-order valence-electron chi connectivity index (χ3n) is 3.96. The maximum atomic E-state index is 12.1. The molecule has 1 saturated heterocycles. The molecule has 2 aliphatic rings. The van der Waals surface area contributed by atoms with E-state index in [0.29, 0.717) is 11.5 Å². The number of rotatable bonds is 2. The molecule has 2 fully saturated rings. The van der Waals surface area contributed by atoms with Gasteiger partial charge in [-0.25, -0.2) is 4.79 Å². The monoisotopic (exact) mass is 276 g/mol. The molecule has 4 nitrogen and oxygen atoms in total. The van der Waals surface area contributed by atoms with Gasteiger partial charge >= 0.3 is 5.97 Å². The van der Waals surface area contributed by atoms with E-state index in [4.69, 9.17) is 14.2 Å². The predicted octanol–water partition coefficient (Wildman–Crippen LogP) is 2.77. The maximum absolute atomic E-state index is 12.1. The van der Waals surface area contributed by atoms with Crippen molar-refractivity contribution in [2.45, 2.75) is 51.3 Å². The summed E-state index contributed by atoms with van der Waals surface area (Å²) in [6.45, 7) is 5.90. The summed E-state index contributed by atoms with van der Waals surface area (Å²) < 4.78 is 17.4. The summed E-state index contributed by atoms with van der Waals surface area (Å²) >= 11 is 0. The molecule has 1 aromatic carbocycles. The normalized spacial score (nSPS) is 34.8. The molecular formula is C16H20O4. The van der Waals surface area contributed by atoms with E-state index in [2.05, 4.69) is 6.92 Å². The van der Waals surface area contributed by atoms with Crippen LogP contribution in [0.5, 0.6) is 0 Å². The van der Waals surface area contributed by atoms with E-state index in [1.807, 2.05) is 32.0 Å². The SMILES string of the molecule is C[C@@H]1C[C@@H](OC(=O)c2ccccc2)[C@@H]2OC(C)(C)O[C@@H]21. The number of hydrogen-bond acceptors (Lipinski definition) is 4. The van der Waals surface area contributed by atoms with Gasteiger partial charge in [0.1, 0.15) is 12.2 Å². The Bertz CT molecular complexity index is 496. The Morgan fingerprint density at radius 3 is 2.55 bits per heavy atom. The first-order valence-electron chi connectivity index (χ1n) is 7.08. The Morgan fingerprint density at radius 1 is 1.20 bits per heavy atom. The van der Waals surface area contributed by atoms with E-state index < -0.39 is 5.79 Å². The third-order valence-corrected chi connectivity index (χ3v) is 3.96. The lowest BCUT2D eigenvalue weighted by atomic mass is 10.1. The van der Waals surface area contributed by atoms with Crippen LogP contribution in [-0.4, -0.2) is 30.1 Å². The topological polar surface area (TPSA) is 44.8 Å². The Balaban J connectivity index is 1.71. The number of hydrogen-bond donors (Lipinski definition) is 0. The molecule has 108 valence electrons. The molecule has 4 atom stereocenters. The van der Waals surface area contributed by atoms with Gasteiger partial charge in [0.05, 0.1) is 11.7 Å². The molecular weight excluding hydrogens is 256 g/mol. The van der Waals surface area contributed by atoms with Gasteiger partial charge in [0.15, 0.2) is 5.79 Å². The molecule has 4 heteroatoms. The zero-order valence-corrected chi connectivity index (χ0v) is 12.0. The van der Waals surface area contributed by atoms with E-state index in [9.17, 15) is 4.79 Å². The minimum atomic E-state index is -0.596. The largest absolute Gasteiger partial charge is 0.456 e. The van der Waals surface area contributed by atoms with Gasteiger partial charge in [0.2, 0.25) is 0 Å². The van der Waals surface area contributed by atoms with Crippen LogP contribution in [0.1, 0.15) is 37.6 Å². The zero-order valence-electron chi connectivity index (χ0n) is 12.0. The van der Waals surface area contributed by atoms with Crippen molar-refractivity contribution in [2.75, 3.05) is 0 Å². The second-order valence-corrected chi connectivity index (χ2v) is 6.09. The molecule has 0 radical (unpaired) electrons. The highest BCUT2D eigenvalue weighted by Crippen LogP contribution is 2.42. The van der Waals surface area contributed by atoms with Gasteiger partial charge in [-0.2, -0.15) is 0 Å². The zero-order chi connectivity index (χ0) is 14.3. The third kappa shape index (κ3) is 2.45. The van der Waals surface area contributed by atoms with Crippen molar-refractivity contribution in [1.29, 1.82) is 0 Å². The van der Waals surface area contributed by atoms with Gasteiger partial charge in [0, 0.05) is 0 Å². The molecule has 0 N–H and O–H groups in total. The van der Waals surface area contributed by atoms with Crippen LogP contribution in [0, 0.1) is 5.92 Å². The lowest BCUT2D eigenvalue weighted by molar-refractivity contribution is -0.166. The summed E-state index contributed by atoms with van der Waals surface area (Å²) in [5.41, 5.74) is 0.571. The number of fused-ring (bicyclic) bond motifs is 1. The molecule has 0 spiro atoms. The summed E-state index contributed by atoms with van der Waals surface area (Å²) in [6, 6.07) is 9.05. The van der Waals surface area contributed by atoms with Gasteiger partial charge in [-0.15, -0.1) is 0 Å². The molecule has 0 unspecified atom stereocenters. The summed E-state index contributed by atoms with van der Waals surface area (Å²) in [4.78, 5) is 12.1. The van der Waals surface area contributed by atoms with Gasteiger partial charge in [-0.05, 0) is 38.3 Å². The lowest BCUT2D eigenvalue weighted by Crippen LogP contribution is -2.32. The Morgan fingerprint density at radius 2 is 1.85 bits per heavy atom. The van der Waals surface area contributed by atoms with Crippen molar-refractivity contribution >= 4 is 5.97 Å². The number of benzene rings is 1. The Hall–Kier alpha value is -1.39. The van der Waals surface area contributed by atoms with Gasteiger partial charge < -0.3 is 14.2 Å². The molecule has 1 aromatic rings. The lowest BCUT2D eigenvalue weighted by Gasteiger charge is -2.22. The van der Waals surface area contributed by atoms with Crippen LogP contribution in [0.15, 0.2) is 30.3 Å². The highest BCUT2D eigenvalue weighted by Gasteiger charge is 2.54. The molecule has 20 heavy (non-hydrogen) atoms. The molecule has 1 aliphatic carbocycles. The van der Waals surface area contributed by atoms with E-state index in [1.54, 1.807) is 12.1 Å². The fourth-order valence-corrected chi connectivity index (χ4v) is 3.07. The fourth-order valence-electron chi connectivity index (χ4n) is 3.07. The molecule has 1 aliphatic heterocycles. The van der Waals surface area contributed by atoms with Crippen LogP contribution in [0.25, 0.3) is 0 Å². The van der Waals surface area contributed by atoms with Gasteiger partial charge in [0.25, 0.3) is 0 Å². The molecule has 1 heterocycles. The highest BCUT2D eigenvalue weighted by atomic mass is 16.8. The number of ether oxygens (including phenoxy) is 3. The fraction of sp³-hybridized carbons (Fsp3) is 0.562. The molecule has 3 rings (SSSR count).